The van der Waals surface area contributed by atoms with Crippen LogP contribution in [0.15, 0.2) is 6.07 Å². The van der Waals surface area contributed by atoms with Gasteiger partial charge in [0.25, 0.3) is 5.91 Å². The molecule has 1 atom stereocenters. The van der Waals surface area contributed by atoms with E-state index >= 15 is 0 Å². The molecule has 1 aromatic heterocycles. The lowest BCUT2D eigenvalue weighted by Crippen LogP contribution is -2.29. The van der Waals surface area contributed by atoms with Gasteiger partial charge < -0.3 is 4.90 Å². The van der Waals surface area contributed by atoms with E-state index in [1.54, 1.807) is 0 Å². The fraction of sp³-hybridized carbons (Fsp3) is 0.400. The Morgan fingerprint density at radius 1 is 1.47 bits per heavy atom. The number of carbonyl (C=O) groups excluding carboxylic acids is 1. The van der Waals surface area contributed by atoms with Crippen LogP contribution in [0.25, 0.3) is 0 Å². The van der Waals surface area contributed by atoms with Crippen molar-refractivity contribution in [1.29, 1.82) is 0 Å². The maximum atomic E-state index is 13.2. The molecule has 0 radical (unpaired) electrons. The highest BCUT2D eigenvalue weighted by atomic mass is 35.5. The van der Waals surface area contributed by atoms with Crippen LogP contribution in [-0.2, 0) is 0 Å². The van der Waals surface area contributed by atoms with Gasteiger partial charge in [-0.05, 0) is 12.5 Å². The average molecular weight is 281 g/mol. The molecule has 2 heterocycles. The molecule has 2 rings (SSSR count). The molecular formula is C10H8Cl2F2N2O. The Balaban J connectivity index is 2.28. The van der Waals surface area contributed by atoms with E-state index < -0.39 is 23.0 Å². The number of halogens is 4. The number of pyridine rings is 1. The van der Waals surface area contributed by atoms with Gasteiger partial charge in [-0.3, -0.25) is 4.79 Å². The molecule has 1 aromatic rings. The first-order chi connectivity index (χ1) is 7.99. The number of amides is 1. The van der Waals surface area contributed by atoms with Crippen molar-refractivity contribution in [3.8, 4) is 0 Å². The van der Waals surface area contributed by atoms with E-state index in [2.05, 4.69) is 4.98 Å². The highest BCUT2D eigenvalue weighted by molar-refractivity contribution is 6.34. The summed E-state index contributed by atoms with van der Waals surface area (Å²) < 4.78 is 26.1. The Morgan fingerprint density at radius 2 is 2.18 bits per heavy atom. The van der Waals surface area contributed by atoms with Gasteiger partial charge in [-0.15, -0.1) is 0 Å². The number of carbonyl (C=O) groups is 1. The average Bonchev–Trinajstić information content (AvgIpc) is 2.69. The SMILES string of the molecule is O=C(c1cc(F)c(Cl)nc1Cl)N1CC[C@@H](F)C1. The third-order valence-electron chi connectivity index (χ3n) is 2.54. The van der Waals surface area contributed by atoms with E-state index in [9.17, 15) is 13.6 Å². The molecule has 7 heteroatoms. The maximum Gasteiger partial charge on any atom is 0.257 e. The molecule has 0 N–H and O–H groups in total. The van der Waals surface area contributed by atoms with Crippen molar-refractivity contribution < 1.29 is 13.6 Å². The Bertz CT molecular complexity index is 470. The largest absolute Gasteiger partial charge is 0.336 e. The molecule has 0 unspecified atom stereocenters. The Morgan fingerprint density at radius 3 is 2.76 bits per heavy atom. The lowest BCUT2D eigenvalue weighted by Gasteiger charge is -2.15. The van der Waals surface area contributed by atoms with Crippen LogP contribution in [0.5, 0.6) is 0 Å². The zero-order valence-electron chi connectivity index (χ0n) is 8.59. The first kappa shape index (κ1) is 12.5. The summed E-state index contributed by atoms with van der Waals surface area (Å²) in [7, 11) is 0. The van der Waals surface area contributed by atoms with Gasteiger partial charge in [0.2, 0.25) is 0 Å². The number of nitrogens with zero attached hydrogens (tertiary/aromatic N) is 2. The van der Waals surface area contributed by atoms with E-state index in [0.29, 0.717) is 6.54 Å². The lowest BCUT2D eigenvalue weighted by atomic mass is 10.2. The number of rotatable bonds is 1. The predicted octanol–water partition coefficient (Wildman–Crippen LogP) is 2.71. The third-order valence-corrected chi connectivity index (χ3v) is 3.09. The molecule has 1 amide bonds. The van der Waals surface area contributed by atoms with Gasteiger partial charge in [-0.1, -0.05) is 23.2 Å². The Kier molecular flexibility index (Phi) is 3.49. The second-order valence-corrected chi connectivity index (χ2v) is 4.45. The minimum Gasteiger partial charge on any atom is -0.336 e. The summed E-state index contributed by atoms with van der Waals surface area (Å²) in [6.45, 7) is 0.292. The molecule has 1 aliphatic heterocycles. The molecule has 0 aliphatic carbocycles. The van der Waals surface area contributed by atoms with E-state index in [0.717, 1.165) is 6.07 Å². The first-order valence-electron chi connectivity index (χ1n) is 4.94. The third kappa shape index (κ3) is 2.50. The second kappa shape index (κ2) is 4.74. The fourth-order valence-electron chi connectivity index (χ4n) is 1.67. The molecule has 0 bridgehead atoms. The number of hydrogen-bond donors (Lipinski definition) is 0. The summed E-state index contributed by atoms with van der Waals surface area (Å²) >= 11 is 11.1. The van der Waals surface area contributed by atoms with E-state index in [-0.39, 0.29) is 23.7 Å². The van der Waals surface area contributed by atoms with Gasteiger partial charge in [-0.2, -0.15) is 0 Å². The smallest absolute Gasteiger partial charge is 0.257 e. The van der Waals surface area contributed by atoms with Crippen molar-refractivity contribution in [2.24, 2.45) is 0 Å². The number of likely N-dealkylation sites (tertiary alicyclic amines) is 1. The van der Waals surface area contributed by atoms with E-state index in [1.807, 2.05) is 0 Å². The van der Waals surface area contributed by atoms with Gasteiger partial charge in [0, 0.05) is 6.54 Å². The second-order valence-electron chi connectivity index (χ2n) is 3.74. The van der Waals surface area contributed by atoms with E-state index in [1.165, 1.54) is 4.90 Å². The van der Waals surface area contributed by atoms with Crippen molar-refractivity contribution in [3.05, 3.63) is 27.8 Å². The highest BCUT2D eigenvalue weighted by Gasteiger charge is 2.28. The van der Waals surface area contributed by atoms with Crippen LogP contribution in [0.1, 0.15) is 16.8 Å². The Labute approximate surface area is 106 Å². The molecule has 1 fully saturated rings. The van der Waals surface area contributed by atoms with Gasteiger partial charge in [0.1, 0.15) is 11.3 Å². The monoisotopic (exact) mass is 280 g/mol. The minimum atomic E-state index is -1.04. The predicted molar refractivity (Wildman–Crippen MR) is 59.6 cm³/mol. The van der Waals surface area contributed by atoms with Gasteiger partial charge in [-0.25, -0.2) is 13.8 Å². The standard InChI is InChI=1S/C10H8Cl2F2N2O/c11-8-6(3-7(14)9(12)15-8)10(17)16-2-1-5(13)4-16/h3,5H,1-2,4H2/t5-/m1/s1. The zero-order valence-corrected chi connectivity index (χ0v) is 10.1. The van der Waals surface area contributed by atoms with Crippen molar-refractivity contribution in [2.75, 3.05) is 13.1 Å². The molecule has 0 saturated carbocycles. The fourth-order valence-corrected chi connectivity index (χ4v) is 2.07. The van der Waals surface area contributed by atoms with Crippen LogP contribution in [0.4, 0.5) is 8.78 Å². The number of aromatic nitrogens is 1. The summed E-state index contributed by atoms with van der Waals surface area (Å²) in [6, 6.07) is 0.922. The summed E-state index contributed by atoms with van der Waals surface area (Å²) in [4.78, 5) is 16.7. The summed E-state index contributed by atoms with van der Waals surface area (Å²) in [5.41, 5.74) is -0.0948. The zero-order chi connectivity index (χ0) is 12.6. The normalized spacial score (nSPS) is 19.8. The van der Waals surface area contributed by atoms with Crippen LogP contribution in [-0.4, -0.2) is 35.1 Å². The maximum absolute atomic E-state index is 13.2. The van der Waals surface area contributed by atoms with Crippen LogP contribution >= 0.6 is 23.2 Å². The summed E-state index contributed by atoms with van der Waals surface area (Å²) in [5.74, 6) is -1.35. The molecular weight excluding hydrogens is 273 g/mol. The molecule has 1 saturated heterocycles. The molecule has 92 valence electrons. The van der Waals surface area contributed by atoms with Gasteiger partial charge in [0.05, 0.1) is 12.1 Å². The van der Waals surface area contributed by atoms with Crippen LogP contribution in [0.3, 0.4) is 0 Å². The molecule has 17 heavy (non-hydrogen) atoms. The quantitative estimate of drug-likeness (QED) is 0.741. The lowest BCUT2D eigenvalue weighted by molar-refractivity contribution is 0.0782. The molecule has 1 aliphatic rings. The summed E-state index contributed by atoms with van der Waals surface area (Å²) in [6.07, 6.45) is -0.754. The van der Waals surface area contributed by atoms with Gasteiger partial charge in [0.15, 0.2) is 11.0 Å². The summed E-state index contributed by atoms with van der Waals surface area (Å²) in [5, 5.41) is -0.569. The van der Waals surface area contributed by atoms with Crippen LogP contribution in [0, 0.1) is 5.82 Å². The van der Waals surface area contributed by atoms with Crippen molar-refractivity contribution >= 4 is 29.1 Å². The highest BCUT2D eigenvalue weighted by Crippen LogP contribution is 2.23. The molecule has 3 nitrogen and oxygen atoms in total. The van der Waals surface area contributed by atoms with Crippen LogP contribution in [0.2, 0.25) is 10.3 Å². The molecule has 0 spiro atoms. The Hall–Kier alpha value is -0.940. The van der Waals surface area contributed by atoms with Crippen molar-refractivity contribution in [2.45, 2.75) is 12.6 Å². The minimum absolute atomic E-state index is 0.000588. The van der Waals surface area contributed by atoms with Crippen molar-refractivity contribution in [1.82, 2.24) is 9.88 Å². The van der Waals surface area contributed by atoms with Gasteiger partial charge >= 0.3 is 0 Å². The number of alkyl halides is 1. The van der Waals surface area contributed by atoms with E-state index in [4.69, 9.17) is 23.2 Å². The van der Waals surface area contributed by atoms with Crippen LogP contribution < -0.4 is 0 Å². The first-order valence-corrected chi connectivity index (χ1v) is 5.69. The topological polar surface area (TPSA) is 33.2 Å². The number of hydrogen-bond acceptors (Lipinski definition) is 2. The van der Waals surface area contributed by atoms with Crippen molar-refractivity contribution in [3.63, 3.8) is 0 Å². The molecule has 0 aromatic carbocycles.